The Kier molecular flexibility index (Phi) is 3.48. The van der Waals surface area contributed by atoms with Gasteiger partial charge in [0.05, 0.1) is 0 Å². The molecule has 0 amide bonds. The summed E-state index contributed by atoms with van der Waals surface area (Å²) in [6.07, 6.45) is 1.03. The second-order valence-electron chi connectivity index (χ2n) is 2.58. The fourth-order valence-electron chi connectivity index (χ4n) is 1.13. The first-order valence-corrected chi connectivity index (χ1v) is 5.21. The van der Waals surface area contributed by atoms with E-state index < -0.39 is 0 Å². The molecule has 2 heteroatoms. The maximum atomic E-state index is 9.25. The molecule has 1 aromatic rings. The van der Waals surface area contributed by atoms with Crippen LogP contribution in [0.5, 0.6) is 5.75 Å². The van der Waals surface area contributed by atoms with E-state index in [4.69, 9.17) is 0 Å². The molecule has 1 N–H and O–H groups in total. The third-order valence-corrected chi connectivity index (χ3v) is 2.71. The van der Waals surface area contributed by atoms with Crippen molar-refractivity contribution in [3.63, 3.8) is 0 Å². The van der Waals surface area contributed by atoms with E-state index in [0.717, 1.165) is 12.2 Å². The highest BCUT2D eigenvalue weighted by molar-refractivity contribution is 7.99. The number of phenols is 1. The average Bonchev–Trinajstić information content (AvgIpc) is 2.05. The van der Waals surface area contributed by atoms with Crippen LogP contribution in [0.2, 0.25) is 0 Å². The number of rotatable bonds is 3. The monoisotopic (exact) mass is 182 g/mol. The van der Waals surface area contributed by atoms with Gasteiger partial charge < -0.3 is 5.11 Å². The SMILES string of the molecule is CCSc1cc(O)ccc1CC. The number of aryl methyl sites for hydroxylation is 1. The van der Waals surface area contributed by atoms with E-state index in [1.807, 2.05) is 12.1 Å². The zero-order valence-electron chi connectivity index (χ0n) is 7.50. The lowest BCUT2D eigenvalue weighted by Gasteiger charge is -2.05. The molecule has 1 aromatic carbocycles. The van der Waals surface area contributed by atoms with Gasteiger partial charge in [0, 0.05) is 4.90 Å². The third kappa shape index (κ3) is 2.18. The van der Waals surface area contributed by atoms with Gasteiger partial charge in [0.25, 0.3) is 0 Å². The lowest BCUT2D eigenvalue weighted by molar-refractivity contribution is 0.473. The molecule has 12 heavy (non-hydrogen) atoms. The molecule has 0 fully saturated rings. The number of hydrogen-bond donors (Lipinski definition) is 1. The lowest BCUT2D eigenvalue weighted by Crippen LogP contribution is -1.84. The standard InChI is InChI=1S/C10H14OS/c1-3-8-5-6-9(11)7-10(8)12-4-2/h5-7,11H,3-4H2,1-2H3. The van der Waals surface area contributed by atoms with E-state index >= 15 is 0 Å². The van der Waals surface area contributed by atoms with Crippen LogP contribution in [0.15, 0.2) is 23.1 Å². The minimum atomic E-state index is 0.364. The van der Waals surface area contributed by atoms with Crippen molar-refractivity contribution in [2.24, 2.45) is 0 Å². The Hall–Kier alpha value is -0.630. The Morgan fingerprint density at radius 2 is 2.08 bits per heavy atom. The maximum Gasteiger partial charge on any atom is 0.116 e. The van der Waals surface area contributed by atoms with Crippen molar-refractivity contribution in [3.8, 4) is 5.75 Å². The summed E-state index contributed by atoms with van der Waals surface area (Å²) in [6, 6.07) is 5.58. The summed E-state index contributed by atoms with van der Waals surface area (Å²) in [4.78, 5) is 1.21. The quantitative estimate of drug-likeness (QED) is 0.725. The zero-order valence-corrected chi connectivity index (χ0v) is 8.32. The molecule has 0 radical (unpaired) electrons. The van der Waals surface area contributed by atoms with Crippen molar-refractivity contribution < 1.29 is 5.11 Å². The van der Waals surface area contributed by atoms with Gasteiger partial charge in [-0.25, -0.2) is 0 Å². The largest absolute Gasteiger partial charge is 0.508 e. The topological polar surface area (TPSA) is 20.2 Å². The number of hydrogen-bond acceptors (Lipinski definition) is 2. The molecular weight excluding hydrogens is 168 g/mol. The lowest BCUT2D eigenvalue weighted by atomic mass is 10.2. The van der Waals surface area contributed by atoms with Crippen LogP contribution < -0.4 is 0 Å². The Labute approximate surface area is 77.8 Å². The molecule has 0 heterocycles. The summed E-state index contributed by atoms with van der Waals surface area (Å²) in [5.74, 6) is 1.42. The highest BCUT2D eigenvalue weighted by Gasteiger charge is 2.00. The Morgan fingerprint density at radius 1 is 1.33 bits per heavy atom. The first kappa shape index (κ1) is 9.46. The van der Waals surface area contributed by atoms with Gasteiger partial charge in [-0.05, 0) is 29.9 Å². The zero-order chi connectivity index (χ0) is 8.97. The molecule has 0 aliphatic carbocycles. The predicted molar refractivity (Wildman–Crippen MR) is 53.9 cm³/mol. The number of benzene rings is 1. The molecule has 0 spiro atoms. The van der Waals surface area contributed by atoms with Crippen LogP contribution in [0, 0.1) is 0 Å². The molecule has 0 aromatic heterocycles. The first-order valence-electron chi connectivity index (χ1n) is 4.22. The van der Waals surface area contributed by atoms with Gasteiger partial charge in [0.2, 0.25) is 0 Å². The molecule has 0 unspecified atom stereocenters. The average molecular weight is 182 g/mol. The molecular formula is C10H14OS. The van der Waals surface area contributed by atoms with Crippen molar-refractivity contribution in [2.75, 3.05) is 5.75 Å². The fourth-order valence-corrected chi connectivity index (χ4v) is 2.04. The highest BCUT2D eigenvalue weighted by atomic mass is 32.2. The summed E-state index contributed by atoms with van der Waals surface area (Å²) in [5, 5.41) is 9.25. The second-order valence-corrected chi connectivity index (χ2v) is 3.88. The predicted octanol–water partition coefficient (Wildman–Crippen LogP) is 3.07. The van der Waals surface area contributed by atoms with Crippen LogP contribution in [0.3, 0.4) is 0 Å². The maximum absolute atomic E-state index is 9.25. The van der Waals surface area contributed by atoms with E-state index in [0.29, 0.717) is 5.75 Å². The van der Waals surface area contributed by atoms with Gasteiger partial charge in [-0.1, -0.05) is 19.9 Å². The van der Waals surface area contributed by atoms with Crippen LogP contribution in [-0.2, 0) is 6.42 Å². The van der Waals surface area contributed by atoms with Gasteiger partial charge in [0.15, 0.2) is 0 Å². The summed E-state index contributed by atoms with van der Waals surface area (Å²) in [7, 11) is 0. The molecule has 0 atom stereocenters. The van der Waals surface area contributed by atoms with Crippen LogP contribution in [0.1, 0.15) is 19.4 Å². The van der Waals surface area contributed by atoms with Gasteiger partial charge in [-0.3, -0.25) is 0 Å². The van der Waals surface area contributed by atoms with Gasteiger partial charge >= 0.3 is 0 Å². The van der Waals surface area contributed by atoms with E-state index in [1.165, 1.54) is 10.5 Å². The first-order chi connectivity index (χ1) is 5.77. The van der Waals surface area contributed by atoms with Crippen molar-refractivity contribution in [1.82, 2.24) is 0 Å². The van der Waals surface area contributed by atoms with E-state index in [-0.39, 0.29) is 0 Å². The fraction of sp³-hybridized carbons (Fsp3) is 0.400. The van der Waals surface area contributed by atoms with Crippen LogP contribution in [0.4, 0.5) is 0 Å². The molecule has 0 aliphatic heterocycles. The van der Waals surface area contributed by atoms with Gasteiger partial charge in [0.1, 0.15) is 5.75 Å². The number of thioether (sulfide) groups is 1. The minimum absolute atomic E-state index is 0.364. The van der Waals surface area contributed by atoms with E-state index in [1.54, 1.807) is 17.8 Å². The molecule has 1 rings (SSSR count). The van der Waals surface area contributed by atoms with Crippen LogP contribution >= 0.6 is 11.8 Å². The molecule has 1 nitrogen and oxygen atoms in total. The third-order valence-electron chi connectivity index (χ3n) is 1.73. The van der Waals surface area contributed by atoms with E-state index in [2.05, 4.69) is 13.8 Å². The summed E-state index contributed by atoms with van der Waals surface area (Å²) in [5.41, 5.74) is 1.32. The Balaban J connectivity index is 2.95. The van der Waals surface area contributed by atoms with Crippen molar-refractivity contribution >= 4 is 11.8 Å². The number of aromatic hydroxyl groups is 1. The van der Waals surface area contributed by atoms with Gasteiger partial charge in [-0.2, -0.15) is 0 Å². The second kappa shape index (κ2) is 4.41. The normalized spacial score (nSPS) is 10.2. The molecule has 0 bridgehead atoms. The van der Waals surface area contributed by atoms with Crippen molar-refractivity contribution in [1.29, 1.82) is 0 Å². The van der Waals surface area contributed by atoms with Crippen LogP contribution in [-0.4, -0.2) is 10.9 Å². The smallest absolute Gasteiger partial charge is 0.116 e. The molecule has 66 valence electrons. The summed E-state index contributed by atoms with van der Waals surface area (Å²) >= 11 is 1.78. The molecule has 0 saturated heterocycles. The molecule has 0 aliphatic rings. The van der Waals surface area contributed by atoms with Crippen molar-refractivity contribution in [2.45, 2.75) is 25.2 Å². The Bertz CT molecular complexity index is 258. The minimum Gasteiger partial charge on any atom is -0.508 e. The Morgan fingerprint density at radius 3 is 2.67 bits per heavy atom. The number of phenolic OH excluding ortho intramolecular Hbond substituents is 1. The van der Waals surface area contributed by atoms with Crippen LogP contribution in [0.25, 0.3) is 0 Å². The summed E-state index contributed by atoms with van der Waals surface area (Å²) < 4.78 is 0. The molecule has 0 saturated carbocycles. The highest BCUT2D eigenvalue weighted by Crippen LogP contribution is 2.26. The van der Waals surface area contributed by atoms with E-state index in [9.17, 15) is 5.11 Å². The summed E-state index contributed by atoms with van der Waals surface area (Å²) in [6.45, 7) is 4.25. The van der Waals surface area contributed by atoms with Crippen molar-refractivity contribution in [3.05, 3.63) is 23.8 Å². The van der Waals surface area contributed by atoms with Gasteiger partial charge in [-0.15, -0.1) is 11.8 Å².